The van der Waals surface area contributed by atoms with E-state index in [-0.39, 0.29) is 11.3 Å². The summed E-state index contributed by atoms with van der Waals surface area (Å²) in [5, 5.41) is 22.4. The van der Waals surface area contributed by atoms with Gasteiger partial charge in [-0.1, -0.05) is 0 Å². The average molecular weight is 410 g/mol. The Kier molecular flexibility index (Phi) is 6.56. The maximum atomic E-state index is 12.6. The quantitative estimate of drug-likeness (QED) is 0.434. The molecule has 1 saturated heterocycles. The van der Waals surface area contributed by atoms with E-state index in [9.17, 15) is 19.7 Å². The zero-order chi connectivity index (χ0) is 21.5. The van der Waals surface area contributed by atoms with Crippen molar-refractivity contribution in [1.82, 2.24) is 0 Å². The zero-order valence-corrected chi connectivity index (χ0v) is 15.9. The number of nitrogens with zero attached hydrogens (tertiary/aromatic N) is 3. The molecule has 0 spiro atoms. The Balaban J connectivity index is 1.69. The molecule has 1 N–H and O–H groups in total. The normalized spacial score (nSPS) is 13.2. The second kappa shape index (κ2) is 9.49. The number of nitro groups is 1. The van der Waals surface area contributed by atoms with Crippen molar-refractivity contribution in [3.05, 3.63) is 63.7 Å². The smallest absolute Gasteiger partial charge is 0.341 e. The first-order valence-electron chi connectivity index (χ1n) is 9.06. The van der Waals surface area contributed by atoms with Crippen molar-refractivity contribution in [3.8, 4) is 6.07 Å². The Labute approximate surface area is 171 Å². The Hall–Kier alpha value is -3.97. The average Bonchev–Trinajstić information content (AvgIpc) is 2.78. The van der Waals surface area contributed by atoms with Crippen LogP contribution in [-0.4, -0.2) is 49.7 Å². The highest BCUT2D eigenvalue weighted by Crippen LogP contribution is 2.27. The van der Waals surface area contributed by atoms with Gasteiger partial charge in [0.1, 0.15) is 0 Å². The van der Waals surface area contributed by atoms with Crippen molar-refractivity contribution < 1.29 is 24.0 Å². The maximum absolute atomic E-state index is 12.6. The highest BCUT2D eigenvalue weighted by atomic mass is 16.6. The van der Waals surface area contributed by atoms with Gasteiger partial charge in [0.05, 0.1) is 41.0 Å². The van der Waals surface area contributed by atoms with Crippen molar-refractivity contribution in [2.24, 2.45) is 0 Å². The summed E-state index contributed by atoms with van der Waals surface area (Å²) in [7, 11) is 0. The van der Waals surface area contributed by atoms with Crippen LogP contribution in [-0.2, 0) is 14.3 Å². The number of nitriles is 1. The first kappa shape index (κ1) is 20.8. The van der Waals surface area contributed by atoms with E-state index < -0.39 is 23.4 Å². The number of carbonyl (C=O) groups is 2. The predicted molar refractivity (Wildman–Crippen MR) is 106 cm³/mol. The van der Waals surface area contributed by atoms with Crippen molar-refractivity contribution in [3.63, 3.8) is 0 Å². The van der Waals surface area contributed by atoms with E-state index in [2.05, 4.69) is 5.32 Å². The lowest BCUT2D eigenvalue weighted by molar-refractivity contribution is -0.384. The van der Waals surface area contributed by atoms with Crippen LogP contribution in [0.4, 0.5) is 17.1 Å². The Morgan fingerprint density at radius 3 is 2.53 bits per heavy atom. The number of hydrogen-bond donors (Lipinski definition) is 1. The molecule has 1 aliphatic rings. The third-order valence-electron chi connectivity index (χ3n) is 4.39. The monoisotopic (exact) mass is 410 g/mol. The summed E-state index contributed by atoms with van der Waals surface area (Å²) >= 11 is 0. The molecule has 2 aromatic rings. The Bertz CT molecular complexity index is 993. The van der Waals surface area contributed by atoms with E-state index in [1.165, 1.54) is 12.1 Å². The van der Waals surface area contributed by atoms with E-state index in [0.29, 0.717) is 43.2 Å². The number of rotatable bonds is 6. The van der Waals surface area contributed by atoms with E-state index >= 15 is 0 Å². The minimum atomic E-state index is -0.838. The minimum absolute atomic E-state index is 0.0114. The van der Waals surface area contributed by atoms with Crippen molar-refractivity contribution in [1.29, 1.82) is 5.26 Å². The van der Waals surface area contributed by atoms with Crippen LogP contribution in [0.1, 0.15) is 15.9 Å². The molecule has 0 unspecified atom stereocenters. The molecular weight excluding hydrogens is 392 g/mol. The first-order valence-corrected chi connectivity index (χ1v) is 9.06. The fourth-order valence-electron chi connectivity index (χ4n) is 2.92. The standard InChI is InChI=1S/C20H18N4O6/c21-12-14-1-3-15(4-2-14)22-19(25)13-30-20(26)17-11-16(24(27)28)5-6-18(17)23-7-9-29-10-8-23/h1-6,11H,7-10,13H2,(H,22,25). The number of nitrogens with one attached hydrogen (secondary N) is 1. The lowest BCUT2D eigenvalue weighted by atomic mass is 10.1. The van der Waals surface area contributed by atoms with Crippen LogP contribution in [0.5, 0.6) is 0 Å². The molecule has 0 bridgehead atoms. The second-order valence-corrected chi connectivity index (χ2v) is 6.37. The van der Waals surface area contributed by atoms with E-state index in [4.69, 9.17) is 14.7 Å². The number of benzene rings is 2. The molecule has 30 heavy (non-hydrogen) atoms. The number of esters is 1. The third kappa shape index (κ3) is 5.09. The summed E-state index contributed by atoms with van der Waals surface area (Å²) in [5.41, 5.74) is 1.14. The molecule has 1 amide bonds. The van der Waals surface area contributed by atoms with Crippen molar-refractivity contribution >= 4 is 28.9 Å². The molecule has 10 nitrogen and oxygen atoms in total. The van der Waals surface area contributed by atoms with Crippen LogP contribution in [0.15, 0.2) is 42.5 Å². The Morgan fingerprint density at radius 2 is 1.90 bits per heavy atom. The predicted octanol–water partition coefficient (Wildman–Crippen LogP) is 2.10. The fraction of sp³-hybridized carbons (Fsp3) is 0.250. The lowest BCUT2D eigenvalue weighted by Crippen LogP contribution is -2.37. The van der Waals surface area contributed by atoms with Crippen LogP contribution < -0.4 is 10.2 Å². The molecule has 0 atom stereocenters. The largest absolute Gasteiger partial charge is 0.452 e. The first-order chi connectivity index (χ1) is 14.5. The van der Waals surface area contributed by atoms with Gasteiger partial charge in [-0.2, -0.15) is 5.26 Å². The van der Waals surface area contributed by atoms with Crippen LogP contribution in [0.3, 0.4) is 0 Å². The van der Waals surface area contributed by atoms with Gasteiger partial charge in [0, 0.05) is 30.9 Å². The number of carbonyl (C=O) groups excluding carboxylic acids is 2. The number of hydrogen-bond acceptors (Lipinski definition) is 8. The number of nitro benzene ring substituents is 1. The highest BCUT2D eigenvalue weighted by molar-refractivity contribution is 5.99. The SMILES string of the molecule is N#Cc1ccc(NC(=O)COC(=O)c2cc([N+](=O)[O-])ccc2N2CCOCC2)cc1. The molecular formula is C20H18N4O6. The van der Waals surface area contributed by atoms with Gasteiger partial charge in [-0.25, -0.2) is 4.79 Å². The number of amides is 1. The van der Waals surface area contributed by atoms with Gasteiger partial charge in [-0.15, -0.1) is 0 Å². The number of anilines is 2. The van der Waals surface area contributed by atoms with E-state index in [1.54, 1.807) is 24.3 Å². The molecule has 0 aromatic heterocycles. The van der Waals surface area contributed by atoms with Gasteiger partial charge in [-0.3, -0.25) is 14.9 Å². The molecule has 154 valence electrons. The summed E-state index contributed by atoms with van der Waals surface area (Å²) < 4.78 is 10.4. The number of ether oxygens (including phenoxy) is 2. The molecule has 0 saturated carbocycles. The fourth-order valence-corrected chi connectivity index (χ4v) is 2.92. The van der Waals surface area contributed by atoms with Crippen LogP contribution in [0.25, 0.3) is 0 Å². The van der Waals surface area contributed by atoms with E-state index in [0.717, 1.165) is 6.07 Å². The summed E-state index contributed by atoms with van der Waals surface area (Å²) in [6.07, 6.45) is 0. The topological polar surface area (TPSA) is 135 Å². The van der Waals surface area contributed by atoms with Gasteiger partial charge >= 0.3 is 5.97 Å². The summed E-state index contributed by atoms with van der Waals surface area (Å²) in [6, 6.07) is 12.1. The van der Waals surface area contributed by atoms with E-state index in [1.807, 2.05) is 11.0 Å². The Morgan fingerprint density at radius 1 is 1.20 bits per heavy atom. The van der Waals surface area contributed by atoms with Crippen molar-refractivity contribution in [2.75, 3.05) is 43.1 Å². The van der Waals surface area contributed by atoms with Gasteiger partial charge in [0.25, 0.3) is 11.6 Å². The van der Waals surface area contributed by atoms with Gasteiger partial charge < -0.3 is 19.7 Å². The number of morpholine rings is 1. The lowest BCUT2D eigenvalue weighted by Gasteiger charge is -2.30. The third-order valence-corrected chi connectivity index (χ3v) is 4.39. The minimum Gasteiger partial charge on any atom is -0.452 e. The van der Waals surface area contributed by atoms with Crippen molar-refractivity contribution in [2.45, 2.75) is 0 Å². The molecule has 2 aromatic carbocycles. The maximum Gasteiger partial charge on any atom is 0.341 e. The molecule has 1 heterocycles. The van der Waals surface area contributed by atoms with Crippen LogP contribution in [0.2, 0.25) is 0 Å². The zero-order valence-electron chi connectivity index (χ0n) is 15.9. The molecule has 1 fully saturated rings. The molecule has 0 aliphatic carbocycles. The molecule has 0 radical (unpaired) electrons. The summed E-state index contributed by atoms with van der Waals surface area (Å²) in [5.74, 6) is -1.42. The van der Waals surface area contributed by atoms with Gasteiger partial charge in [-0.05, 0) is 30.3 Å². The summed E-state index contributed by atoms with van der Waals surface area (Å²) in [4.78, 5) is 37.1. The van der Waals surface area contributed by atoms with Crippen LogP contribution in [0, 0.1) is 21.4 Å². The summed E-state index contributed by atoms with van der Waals surface area (Å²) in [6.45, 7) is 1.43. The highest BCUT2D eigenvalue weighted by Gasteiger charge is 2.23. The van der Waals surface area contributed by atoms with Gasteiger partial charge in [0.15, 0.2) is 6.61 Å². The molecule has 3 rings (SSSR count). The molecule has 1 aliphatic heterocycles. The molecule has 10 heteroatoms. The number of non-ortho nitro benzene ring substituents is 1. The van der Waals surface area contributed by atoms with Crippen LogP contribution >= 0.6 is 0 Å². The second-order valence-electron chi connectivity index (χ2n) is 6.37. The van der Waals surface area contributed by atoms with Gasteiger partial charge in [0.2, 0.25) is 0 Å².